The molecule has 0 aromatic heterocycles. The number of nitrogens with two attached hydrogens (primary N) is 1. The molecule has 0 aromatic carbocycles. The first-order valence-electron chi connectivity index (χ1n) is 7.85. The lowest BCUT2D eigenvalue weighted by molar-refractivity contribution is -0.145. The molecule has 0 radical (unpaired) electrons. The van der Waals surface area contributed by atoms with E-state index in [1.54, 1.807) is 0 Å². The zero-order chi connectivity index (χ0) is 14.8. The van der Waals surface area contributed by atoms with Crippen LogP contribution < -0.4 is 5.73 Å². The second kappa shape index (κ2) is 6.41. The molecule has 0 aromatic rings. The smallest absolute Gasteiger partial charge is 0.323 e. The number of hydrogen-bond donors (Lipinski definition) is 2. The van der Waals surface area contributed by atoms with Crippen LogP contribution in [0.5, 0.6) is 0 Å². The second-order valence-corrected chi connectivity index (χ2v) is 6.42. The van der Waals surface area contributed by atoms with E-state index in [0.717, 1.165) is 45.4 Å². The third-order valence-electron chi connectivity index (χ3n) is 5.09. The van der Waals surface area contributed by atoms with Crippen molar-refractivity contribution < 1.29 is 14.6 Å². The molecule has 1 saturated carbocycles. The quantitative estimate of drug-likeness (QED) is 0.799. The molecule has 0 bridgehead atoms. The minimum absolute atomic E-state index is 0.107. The number of carboxylic acid groups (broad SMARTS) is 1. The Kier molecular flexibility index (Phi) is 5.04. The van der Waals surface area contributed by atoms with E-state index in [-0.39, 0.29) is 12.0 Å². The summed E-state index contributed by atoms with van der Waals surface area (Å²) in [5, 5.41) is 9.36. The summed E-state index contributed by atoms with van der Waals surface area (Å²) in [4.78, 5) is 13.9. The largest absolute Gasteiger partial charge is 0.480 e. The average molecular weight is 284 g/mol. The van der Waals surface area contributed by atoms with Crippen LogP contribution in [-0.2, 0) is 9.53 Å². The molecule has 4 unspecified atom stereocenters. The van der Waals surface area contributed by atoms with Gasteiger partial charge in [0.2, 0.25) is 0 Å². The van der Waals surface area contributed by atoms with Crippen LogP contribution in [0, 0.1) is 5.92 Å². The van der Waals surface area contributed by atoms with Crippen LogP contribution in [-0.4, -0.2) is 53.4 Å². The Bertz CT molecular complexity index is 350. The van der Waals surface area contributed by atoms with Gasteiger partial charge in [0.15, 0.2) is 0 Å². The van der Waals surface area contributed by atoms with E-state index >= 15 is 0 Å². The first-order valence-corrected chi connectivity index (χ1v) is 7.85. The van der Waals surface area contributed by atoms with Gasteiger partial charge in [-0.1, -0.05) is 13.3 Å². The topological polar surface area (TPSA) is 75.8 Å². The number of carboxylic acids is 1. The van der Waals surface area contributed by atoms with Crippen molar-refractivity contribution in [1.82, 2.24) is 4.90 Å². The molecule has 4 atom stereocenters. The van der Waals surface area contributed by atoms with Crippen molar-refractivity contribution in [2.24, 2.45) is 11.7 Å². The number of rotatable bonds is 5. The van der Waals surface area contributed by atoms with E-state index in [1.807, 2.05) is 0 Å². The Labute approximate surface area is 121 Å². The minimum atomic E-state index is -1.00. The molecule has 20 heavy (non-hydrogen) atoms. The predicted molar refractivity (Wildman–Crippen MR) is 77.6 cm³/mol. The molecule has 5 nitrogen and oxygen atoms in total. The molecule has 116 valence electrons. The molecule has 0 spiro atoms. The van der Waals surface area contributed by atoms with Gasteiger partial charge < -0.3 is 15.6 Å². The third kappa shape index (κ3) is 3.15. The van der Waals surface area contributed by atoms with Gasteiger partial charge in [0.1, 0.15) is 5.54 Å². The molecule has 2 rings (SSSR count). The SMILES string of the molecule is CCC1COC(C)CN1CCC1CCCC1(N)C(=O)O. The van der Waals surface area contributed by atoms with Gasteiger partial charge in [0.25, 0.3) is 0 Å². The minimum Gasteiger partial charge on any atom is -0.480 e. The Morgan fingerprint density at radius 3 is 2.95 bits per heavy atom. The monoisotopic (exact) mass is 284 g/mol. The van der Waals surface area contributed by atoms with E-state index in [0.29, 0.717) is 12.5 Å². The maximum Gasteiger partial charge on any atom is 0.323 e. The molecule has 1 saturated heterocycles. The number of hydrogen-bond acceptors (Lipinski definition) is 4. The fraction of sp³-hybridized carbons (Fsp3) is 0.933. The molecule has 5 heteroatoms. The van der Waals surface area contributed by atoms with Crippen LogP contribution in [0.15, 0.2) is 0 Å². The van der Waals surface area contributed by atoms with Gasteiger partial charge in [-0.15, -0.1) is 0 Å². The van der Waals surface area contributed by atoms with Crippen molar-refractivity contribution >= 4 is 5.97 Å². The number of ether oxygens (including phenoxy) is 1. The van der Waals surface area contributed by atoms with Crippen molar-refractivity contribution in [2.75, 3.05) is 19.7 Å². The lowest BCUT2D eigenvalue weighted by Crippen LogP contribution is -2.53. The van der Waals surface area contributed by atoms with Gasteiger partial charge >= 0.3 is 5.97 Å². The molecule has 2 aliphatic rings. The number of carbonyl (C=O) groups is 1. The second-order valence-electron chi connectivity index (χ2n) is 6.42. The van der Waals surface area contributed by atoms with E-state index in [2.05, 4.69) is 18.7 Å². The van der Waals surface area contributed by atoms with E-state index in [4.69, 9.17) is 10.5 Å². The first-order chi connectivity index (χ1) is 9.47. The van der Waals surface area contributed by atoms with Crippen LogP contribution in [0.2, 0.25) is 0 Å². The van der Waals surface area contributed by atoms with E-state index in [1.165, 1.54) is 0 Å². The Morgan fingerprint density at radius 2 is 2.30 bits per heavy atom. The summed E-state index contributed by atoms with van der Waals surface area (Å²) in [6, 6.07) is 0.463. The van der Waals surface area contributed by atoms with Crippen molar-refractivity contribution in [3.63, 3.8) is 0 Å². The molecular formula is C15H28N2O3. The Balaban J connectivity index is 1.91. The highest BCUT2D eigenvalue weighted by atomic mass is 16.5. The number of nitrogens with zero attached hydrogens (tertiary/aromatic N) is 1. The number of aliphatic carboxylic acids is 1. The highest BCUT2D eigenvalue weighted by Crippen LogP contribution is 2.36. The maximum absolute atomic E-state index is 11.4. The lowest BCUT2D eigenvalue weighted by Gasteiger charge is -2.39. The predicted octanol–water partition coefficient (Wildman–Crippen LogP) is 1.46. The van der Waals surface area contributed by atoms with E-state index < -0.39 is 11.5 Å². The summed E-state index contributed by atoms with van der Waals surface area (Å²) in [5.74, 6) is -0.724. The zero-order valence-electron chi connectivity index (χ0n) is 12.7. The fourth-order valence-corrected chi connectivity index (χ4v) is 3.67. The van der Waals surface area contributed by atoms with E-state index in [9.17, 15) is 9.90 Å². The molecule has 1 heterocycles. The van der Waals surface area contributed by atoms with Gasteiger partial charge in [-0.05, 0) is 45.1 Å². The average Bonchev–Trinajstić information content (AvgIpc) is 2.79. The molecular weight excluding hydrogens is 256 g/mol. The van der Waals surface area contributed by atoms with Crippen LogP contribution in [0.3, 0.4) is 0 Å². The summed E-state index contributed by atoms with van der Waals surface area (Å²) in [6.45, 7) is 6.93. The standard InChI is InChI=1S/C15H28N2O3/c1-3-13-10-20-11(2)9-17(13)8-6-12-5-4-7-15(12,16)14(18)19/h11-13H,3-10,16H2,1-2H3,(H,18,19). The molecule has 2 fully saturated rings. The normalized spacial score (nSPS) is 39.0. The van der Waals surface area contributed by atoms with Gasteiger partial charge in [-0.25, -0.2) is 0 Å². The van der Waals surface area contributed by atoms with Crippen LogP contribution >= 0.6 is 0 Å². The summed E-state index contributed by atoms with van der Waals surface area (Å²) in [5.41, 5.74) is 5.11. The lowest BCUT2D eigenvalue weighted by atomic mass is 9.85. The summed E-state index contributed by atoms with van der Waals surface area (Å²) >= 11 is 0. The Hall–Kier alpha value is -0.650. The fourth-order valence-electron chi connectivity index (χ4n) is 3.67. The van der Waals surface area contributed by atoms with Crippen molar-refractivity contribution in [1.29, 1.82) is 0 Å². The highest BCUT2D eigenvalue weighted by Gasteiger charge is 2.45. The third-order valence-corrected chi connectivity index (χ3v) is 5.09. The molecule has 1 aliphatic carbocycles. The van der Waals surface area contributed by atoms with Crippen molar-refractivity contribution in [3.8, 4) is 0 Å². The van der Waals surface area contributed by atoms with Gasteiger partial charge in [-0.2, -0.15) is 0 Å². The summed E-state index contributed by atoms with van der Waals surface area (Å²) < 4.78 is 5.70. The highest BCUT2D eigenvalue weighted by molar-refractivity contribution is 5.79. The van der Waals surface area contributed by atoms with Gasteiger partial charge in [-0.3, -0.25) is 9.69 Å². The molecule has 1 aliphatic heterocycles. The molecule has 3 N–H and O–H groups in total. The van der Waals surface area contributed by atoms with Gasteiger partial charge in [0.05, 0.1) is 12.7 Å². The Morgan fingerprint density at radius 1 is 1.55 bits per heavy atom. The number of morpholine rings is 1. The summed E-state index contributed by atoms with van der Waals surface area (Å²) in [7, 11) is 0. The zero-order valence-corrected chi connectivity index (χ0v) is 12.7. The maximum atomic E-state index is 11.4. The first kappa shape index (κ1) is 15.7. The van der Waals surface area contributed by atoms with Gasteiger partial charge in [0, 0.05) is 12.6 Å². The van der Waals surface area contributed by atoms with Crippen molar-refractivity contribution in [2.45, 2.75) is 63.6 Å². The van der Waals surface area contributed by atoms with Crippen LogP contribution in [0.25, 0.3) is 0 Å². The van der Waals surface area contributed by atoms with Crippen molar-refractivity contribution in [3.05, 3.63) is 0 Å². The summed E-state index contributed by atoms with van der Waals surface area (Å²) in [6.07, 6.45) is 4.72. The van der Waals surface area contributed by atoms with Crippen LogP contribution in [0.4, 0.5) is 0 Å². The van der Waals surface area contributed by atoms with Crippen LogP contribution in [0.1, 0.15) is 46.0 Å². The molecule has 0 amide bonds.